The molecule has 0 aliphatic carbocycles. The molecule has 2 aromatic heterocycles. The summed E-state index contributed by atoms with van der Waals surface area (Å²) in [5.74, 6) is 0.653. The molecule has 1 fully saturated rings. The average molecular weight is 341 g/mol. The summed E-state index contributed by atoms with van der Waals surface area (Å²) in [6.45, 7) is 3.88. The van der Waals surface area contributed by atoms with E-state index in [1.54, 1.807) is 0 Å². The number of β-amino-alcohol motifs (C(OH)–C–C–N with tert-alkyl or cyclic N) is 1. The highest BCUT2D eigenvalue weighted by molar-refractivity contribution is 7.17. The van der Waals surface area contributed by atoms with Gasteiger partial charge < -0.3 is 10.1 Å². The first-order valence-electron chi connectivity index (χ1n) is 8.02. The van der Waals surface area contributed by atoms with Gasteiger partial charge in [0.15, 0.2) is 0 Å². The number of H-pyrrole nitrogens is 1. The smallest absolute Gasteiger partial charge is 0.268 e. The highest BCUT2D eigenvalue weighted by Gasteiger charge is 2.38. The Labute approximate surface area is 143 Å². The van der Waals surface area contributed by atoms with Crippen LogP contribution in [0, 0.1) is 6.92 Å². The van der Waals surface area contributed by atoms with Crippen LogP contribution in [0.3, 0.4) is 0 Å². The van der Waals surface area contributed by atoms with Gasteiger partial charge in [-0.05, 0) is 35.9 Å². The maximum absolute atomic E-state index is 12.1. The minimum absolute atomic E-state index is 0.0848. The van der Waals surface area contributed by atoms with Gasteiger partial charge in [0.05, 0.1) is 12.1 Å². The summed E-state index contributed by atoms with van der Waals surface area (Å²) in [7, 11) is 0. The van der Waals surface area contributed by atoms with E-state index in [1.807, 2.05) is 42.6 Å². The van der Waals surface area contributed by atoms with Crippen molar-refractivity contribution in [2.45, 2.75) is 25.5 Å². The second-order valence-corrected chi connectivity index (χ2v) is 7.37. The van der Waals surface area contributed by atoms with Crippen molar-refractivity contribution >= 4 is 21.6 Å². The predicted molar refractivity (Wildman–Crippen MR) is 95.2 cm³/mol. The van der Waals surface area contributed by atoms with Gasteiger partial charge in [-0.1, -0.05) is 24.3 Å². The van der Waals surface area contributed by atoms with Crippen LogP contribution in [0.15, 0.2) is 40.5 Å². The number of fused-ring (bicyclic) bond motifs is 1. The molecule has 2 N–H and O–H groups in total. The Morgan fingerprint density at radius 3 is 3.04 bits per heavy atom. The first-order valence-corrected chi connectivity index (χ1v) is 8.90. The van der Waals surface area contributed by atoms with E-state index in [4.69, 9.17) is 0 Å². The van der Waals surface area contributed by atoms with Gasteiger partial charge in [-0.2, -0.15) is 0 Å². The lowest BCUT2D eigenvalue weighted by Crippen LogP contribution is -2.32. The number of aromatic nitrogens is 2. The van der Waals surface area contributed by atoms with Crippen molar-refractivity contribution in [3.8, 4) is 0 Å². The highest BCUT2D eigenvalue weighted by Crippen LogP contribution is 2.34. The molecule has 1 unspecified atom stereocenters. The van der Waals surface area contributed by atoms with Crippen molar-refractivity contribution in [1.82, 2.24) is 14.9 Å². The van der Waals surface area contributed by atoms with Crippen LogP contribution in [0.5, 0.6) is 0 Å². The van der Waals surface area contributed by atoms with Crippen molar-refractivity contribution in [2.75, 3.05) is 13.1 Å². The quantitative estimate of drug-likeness (QED) is 0.767. The molecular weight excluding hydrogens is 322 g/mol. The number of nitrogens with one attached hydrogen (secondary N) is 1. The van der Waals surface area contributed by atoms with Gasteiger partial charge in [-0.3, -0.25) is 9.69 Å². The number of nitrogens with zero attached hydrogens (tertiary/aromatic N) is 2. The molecule has 4 rings (SSSR count). The van der Waals surface area contributed by atoms with Gasteiger partial charge in [0.2, 0.25) is 0 Å². The second kappa shape index (κ2) is 5.81. The molecule has 1 saturated heterocycles. The topological polar surface area (TPSA) is 69.2 Å². The Morgan fingerprint density at radius 2 is 2.21 bits per heavy atom. The van der Waals surface area contributed by atoms with E-state index >= 15 is 0 Å². The lowest BCUT2D eigenvalue weighted by Gasteiger charge is -2.25. The molecular formula is C18H19N3O2S. The molecule has 0 spiro atoms. The van der Waals surface area contributed by atoms with Crippen LogP contribution in [0.1, 0.15) is 23.4 Å². The molecule has 1 aromatic carbocycles. The molecule has 1 aliphatic heterocycles. The molecule has 0 amide bonds. The lowest BCUT2D eigenvalue weighted by atomic mass is 9.89. The molecule has 0 radical (unpaired) electrons. The summed E-state index contributed by atoms with van der Waals surface area (Å²) >= 11 is 1.40. The van der Waals surface area contributed by atoms with Gasteiger partial charge in [0.25, 0.3) is 5.56 Å². The van der Waals surface area contributed by atoms with Crippen LogP contribution in [-0.2, 0) is 12.1 Å². The number of rotatable bonds is 3. The number of thiophene rings is 1. The minimum atomic E-state index is -0.835. The summed E-state index contributed by atoms with van der Waals surface area (Å²) in [6, 6.07) is 9.84. The number of aliphatic hydroxyl groups is 1. The molecule has 1 atom stereocenters. The van der Waals surface area contributed by atoms with E-state index in [0.29, 0.717) is 30.0 Å². The summed E-state index contributed by atoms with van der Waals surface area (Å²) < 4.78 is 0.664. The zero-order chi connectivity index (χ0) is 16.7. The first-order chi connectivity index (χ1) is 11.5. The third-order valence-electron chi connectivity index (χ3n) is 4.71. The van der Waals surface area contributed by atoms with Crippen LogP contribution in [0.2, 0.25) is 0 Å². The number of aromatic amines is 1. The number of hydrogen-bond acceptors (Lipinski definition) is 5. The Balaban J connectivity index is 1.56. The fraction of sp³-hybridized carbons (Fsp3) is 0.333. The molecule has 3 heterocycles. The zero-order valence-electron chi connectivity index (χ0n) is 13.5. The molecule has 0 saturated carbocycles. The van der Waals surface area contributed by atoms with Gasteiger partial charge in [-0.25, -0.2) is 4.98 Å². The Kier molecular flexibility index (Phi) is 3.75. The van der Waals surface area contributed by atoms with Crippen LogP contribution in [0.25, 0.3) is 10.2 Å². The Bertz CT molecular complexity index is 949. The molecule has 3 aromatic rings. The SMILES string of the molecule is Cc1ccccc1C1(O)CCN(Cc2nc3ccsc3c(=O)[nH]2)C1. The van der Waals surface area contributed by atoms with Gasteiger partial charge in [0, 0.05) is 13.1 Å². The minimum Gasteiger partial charge on any atom is -0.384 e. The fourth-order valence-electron chi connectivity index (χ4n) is 3.53. The summed E-state index contributed by atoms with van der Waals surface area (Å²) in [5.41, 5.74) is 1.92. The van der Waals surface area contributed by atoms with Gasteiger partial charge in [-0.15, -0.1) is 11.3 Å². The number of hydrogen-bond donors (Lipinski definition) is 2. The van der Waals surface area contributed by atoms with Crippen LogP contribution in [-0.4, -0.2) is 33.1 Å². The molecule has 6 heteroatoms. The van der Waals surface area contributed by atoms with E-state index < -0.39 is 5.60 Å². The number of benzene rings is 1. The van der Waals surface area contributed by atoms with E-state index in [-0.39, 0.29) is 5.56 Å². The first kappa shape index (κ1) is 15.5. The second-order valence-electron chi connectivity index (χ2n) is 6.45. The monoisotopic (exact) mass is 341 g/mol. The molecule has 1 aliphatic rings. The van der Waals surface area contributed by atoms with Crippen LogP contribution >= 0.6 is 11.3 Å². The predicted octanol–water partition coefficient (Wildman–Crippen LogP) is 2.39. The maximum Gasteiger partial charge on any atom is 0.268 e. The van der Waals surface area contributed by atoms with Gasteiger partial charge >= 0.3 is 0 Å². The zero-order valence-corrected chi connectivity index (χ0v) is 14.3. The Morgan fingerprint density at radius 1 is 1.38 bits per heavy atom. The van der Waals surface area contributed by atoms with Crippen LogP contribution in [0.4, 0.5) is 0 Å². The van der Waals surface area contributed by atoms with Crippen molar-refractivity contribution < 1.29 is 5.11 Å². The third-order valence-corrected chi connectivity index (χ3v) is 5.61. The van der Waals surface area contributed by atoms with E-state index in [2.05, 4.69) is 14.9 Å². The average Bonchev–Trinajstić information content (AvgIpc) is 3.16. The van der Waals surface area contributed by atoms with E-state index in [9.17, 15) is 9.90 Å². The Hall–Kier alpha value is -2.02. The third kappa shape index (κ3) is 2.66. The highest BCUT2D eigenvalue weighted by atomic mass is 32.1. The van der Waals surface area contributed by atoms with Crippen molar-refractivity contribution in [3.05, 3.63) is 63.0 Å². The van der Waals surface area contributed by atoms with E-state index in [1.165, 1.54) is 11.3 Å². The molecule has 0 bridgehead atoms. The number of likely N-dealkylation sites (tertiary alicyclic amines) is 1. The van der Waals surface area contributed by atoms with Crippen LogP contribution < -0.4 is 5.56 Å². The fourth-order valence-corrected chi connectivity index (χ4v) is 4.25. The largest absolute Gasteiger partial charge is 0.384 e. The summed E-state index contributed by atoms with van der Waals surface area (Å²) in [6.07, 6.45) is 0.683. The van der Waals surface area contributed by atoms with Crippen molar-refractivity contribution in [2.24, 2.45) is 0 Å². The molecule has 24 heavy (non-hydrogen) atoms. The van der Waals surface area contributed by atoms with Crippen molar-refractivity contribution in [1.29, 1.82) is 0 Å². The normalized spacial score (nSPS) is 21.6. The van der Waals surface area contributed by atoms with Gasteiger partial charge in [0.1, 0.15) is 16.1 Å². The molecule has 5 nitrogen and oxygen atoms in total. The standard InChI is InChI=1S/C18H19N3O2S/c1-12-4-2-3-5-13(12)18(23)7-8-21(11-18)10-15-19-14-6-9-24-16(14)17(22)20-15/h2-6,9,23H,7-8,10-11H2,1H3,(H,19,20,22). The lowest BCUT2D eigenvalue weighted by molar-refractivity contribution is 0.0444. The summed E-state index contributed by atoms with van der Waals surface area (Å²) in [4.78, 5) is 21.6. The molecule has 124 valence electrons. The maximum atomic E-state index is 12.1. The van der Waals surface area contributed by atoms with Crippen molar-refractivity contribution in [3.63, 3.8) is 0 Å². The van der Waals surface area contributed by atoms with E-state index in [0.717, 1.165) is 23.2 Å². The number of aryl methyl sites for hydroxylation is 1. The summed E-state index contributed by atoms with van der Waals surface area (Å²) in [5, 5.41) is 12.9.